The lowest BCUT2D eigenvalue weighted by molar-refractivity contribution is -0.121. The van der Waals surface area contributed by atoms with Crippen LogP contribution in [0.2, 0.25) is 0 Å². The van der Waals surface area contributed by atoms with Gasteiger partial charge in [0, 0.05) is 25.1 Å². The van der Waals surface area contributed by atoms with Crippen molar-refractivity contribution >= 4 is 40.3 Å². The summed E-state index contributed by atoms with van der Waals surface area (Å²) in [5, 5.41) is 9.46. The Balaban J connectivity index is 1.37. The van der Waals surface area contributed by atoms with Crippen LogP contribution in [-0.2, 0) is 4.79 Å². The van der Waals surface area contributed by atoms with E-state index in [4.69, 9.17) is 4.52 Å². The third-order valence-electron chi connectivity index (χ3n) is 4.75. The maximum atomic E-state index is 13.0. The average molecular weight is 417 g/mol. The van der Waals surface area contributed by atoms with Crippen molar-refractivity contribution in [3.8, 4) is 9.88 Å². The second-order valence-electron chi connectivity index (χ2n) is 6.79. The topological polar surface area (TPSA) is 88.3 Å². The molecule has 0 unspecified atom stereocenters. The molecular weight excluding hydrogens is 396 g/mol. The number of anilines is 1. The zero-order valence-corrected chi connectivity index (χ0v) is 17.2. The second-order valence-corrected chi connectivity index (χ2v) is 8.74. The molecule has 0 aromatic carbocycles. The fraction of sp³-hybridized carbons (Fsp3) is 0.368. The second kappa shape index (κ2) is 7.84. The zero-order valence-electron chi connectivity index (χ0n) is 15.6. The molecule has 1 aliphatic rings. The van der Waals surface area contributed by atoms with E-state index in [9.17, 15) is 9.59 Å². The number of aryl methyl sites for hydroxylation is 2. The van der Waals surface area contributed by atoms with Gasteiger partial charge < -0.3 is 14.7 Å². The van der Waals surface area contributed by atoms with Crippen molar-refractivity contribution in [2.45, 2.75) is 26.7 Å². The third-order valence-corrected chi connectivity index (χ3v) is 6.94. The number of aromatic nitrogens is 2. The summed E-state index contributed by atoms with van der Waals surface area (Å²) in [5.74, 6) is 0.878. The Kier molecular flexibility index (Phi) is 5.27. The molecule has 1 aliphatic heterocycles. The van der Waals surface area contributed by atoms with Gasteiger partial charge in [-0.2, -0.15) is 0 Å². The lowest BCUT2D eigenvalue weighted by Gasteiger charge is -2.31. The predicted molar refractivity (Wildman–Crippen MR) is 109 cm³/mol. The molecule has 3 aromatic heterocycles. The zero-order chi connectivity index (χ0) is 19.7. The summed E-state index contributed by atoms with van der Waals surface area (Å²) in [7, 11) is 0. The number of carbonyl (C=O) groups excluding carboxylic acids is 2. The number of nitrogens with one attached hydrogen (secondary N) is 1. The molecule has 0 saturated carbocycles. The summed E-state index contributed by atoms with van der Waals surface area (Å²) in [4.78, 5) is 33.5. The number of piperidine rings is 1. The highest BCUT2D eigenvalue weighted by Crippen LogP contribution is 2.32. The van der Waals surface area contributed by atoms with Crippen molar-refractivity contribution < 1.29 is 14.1 Å². The van der Waals surface area contributed by atoms with Gasteiger partial charge in [-0.15, -0.1) is 22.7 Å². The summed E-state index contributed by atoms with van der Waals surface area (Å²) >= 11 is 3.06. The molecular formula is C19H20N4O3S2. The third kappa shape index (κ3) is 3.85. The van der Waals surface area contributed by atoms with Crippen LogP contribution in [0.25, 0.3) is 9.88 Å². The minimum atomic E-state index is -0.134. The number of amides is 2. The molecule has 2 amide bonds. The van der Waals surface area contributed by atoms with Crippen LogP contribution < -0.4 is 5.32 Å². The number of likely N-dealkylation sites (tertiary alicyclic amines) is 1. The first-order chi connectivity index (χ1) is 13.5. The molecule has 4 rings (SSSR count). The molecule has 0 spiro atoms. The minimum Gasteiger partial charge on any atom is -0.360 e. The fourth-order valence-corrected chi connectivity index (χ4v) is 5.07. The number of carbonyl (C=O) groups is 2. The molecule has 1 saturated heterocycles. The SMILES string of the molecule is Cc1cc(NC(=O)C2CCN(C(=O)c3sc(-c4cccs4)nc3C)CC2)no1. The Labute approximate surface area is 170 Å². The van der Waals surface area contributed by atoms with E-state index in [1.54, 1.807) is 24.3 Å². The summed E-state index contributed by atoms with van der Waals surface area (Å²) in [5.41, 5.74) is 0.764. The van der Waals surface area contributed by atoms with E-state index in [0.29, 0.717) is 42.4 Å². The van der Waals surface area contributed by atoms with Crippen molar-refractivity contribution in [1.82, 2.24) is 15.0 Å². The van der Waals surface area contributed by atoms with Crippen LogP contribution in [0.1, 0.15) is 34.0 Å². The molecule has 146 valence electrons. The highest BCUT2D eigenvalue weighted by molar-refractivity contribution is 7.22. The minimum absolute atomic E-state index is 0.00351. The van der Waals surface area contributed by atoms with Gasteiger partial charge in [-0.25, -0.2) is 4.98 Å². The van der Waals surface area contributed by atoms with Gasteiger partial charge in [0.25, 0.3) is 5.91 Å². The largest absolute Gasteiger partial charge is 0.360 e. The van der Waals surface area contributed by atoms with Crippen LogP contribution in [0, 0.1) is 19.8 Å². The van der Waals surface area contributed by atoms with E-state index in [-0.39, 0.29) is 17.7 Å². The molecule has 4 heterocycles. The van der Waals surface area contributed by atoms with Crippen LogP contribution in [0.15, 0.2) is 28.1 Å². The van der Waals surface area contributed by atoms with Gasteiger partial charge in [0.2, 0.25) is 5.91 Å². The molecule has 1 fully saturated rings. The van der Waals surface area contributed by atoms with Gasteiger partial charge in [0.1, 0.15) is 15.6 Å². The smallest absolute Gasteiger partial charge is 0.265 e. The first-order valence-corrected chi connectivity index (χ1v) is 10.8. The monoisotopic (exact) mass is 416 g/mol. The van der Waals surface area contributed by atoms with Gasteiger partial charge in [0.15, 0.2) is 5.82 Å². The Morgan fingerprint density at radius 2 is 2.07 bits per heavy atom. The van der Waals surface area contributed by atoms with E-state index < -0.39 is 0 Å². The predicted octanol–water partition coefficient (Wildman–Crippen LogP) is 3.97. The first-order valence-electron chi connectivity index (χ1n) is 9.06. The lowest BCUT2D eigenvalue weighted by atomic mass is 9.95. The van der Waals surface area contributed by atoms with Crippen LogP contribution in [-0.4, -0.2) is 39.9 Å². The van der Waals surface area contributed by atoms with Gasteiger partial charge in [0.05, 0.1) is 10.6 Å². The molecule has 0 atom stereocenters. The maximum absolute atomic E-state index is 13.0. The Morgan fingerprint density at radius 3 is 2.71 bits per heavy atom. The number of hydrogen-bond donors (Lipinski definition) is 1. The fourth-order valence-electron chi connectivity index (χ4n) is 3.24. The van der Waals surface area contributed by atoms with Gasteiger partial charge in [-0.3, -0.25) is 9.59 Å². The summed E-state index contributed by atoms with van der Waals surface area (Å²) < 4.78 is 4.97. The van der Waals surface area contributed by atoms with Gasteiger partial charge in [-0.1, -0.05) is 11.2 Å². The summed E-state index contributed by atoms with van der Waals surface area (Å²) in [6.45, 7) is 4.76. The van der Waals surface area contributed by atoms with Crippen molar-refractivity contribution in [2.24, 2.45) is 5.92 Å². The van der Waals surface area contributed by atoms with E-state index in [2.05, 4.69) is 15.5 Å². The number of thiazole rings is 1. The average Bonchev–Trinajstić information content (AvgIpc) is 3.43. The van der Waals surface area contributed by atoms with Crippen LogP contribution in [0.4, 0.5) is 5.82 Å². The highest BCUT2D eigenvalue weighted by Gasteiger charge is 2.30. The van der Waals surface area contributed by atoms with Crippen molar-refractivity contribution in [2.75, 3.05) is 18.4 Å². The van der Waals surface area contributed by atoms with E-state index in [1.807, 2.05) is 29.3 Å². The van der Waals surface area contributed by atoms with Crippen LogP contribution in [0.5, 0.6) is 0 Å². The van der Waals surface area contributed by atoms with Crippen LogP contribution >= 0.6 is 22.7 Å². The Hall–Kier alpha value is -2.52. The molecule has 28 heavy (non-hydrogen) atoms. The van der Waals surface area contributed by atoms with Crippen molar-refractivity contribution in [1.29, 1.82) is 0 Å². The maximum Gasteiger partial charge on any atom is 0.265 e. The molecule has 0 bridgehead atoms. The quantitative estimate of drug-likeness (QED) is 0.695. The summed E-state index contributed by atoms with van der Waals surface area (Å²) in [6, 6.07) is 5.68. The molecule has 0 radical (unpaired) electrons. The molecule has 1 N–H and O–H groups in total. The van der Waals surface area contributed by atoms with Gasteiger partial charge >= 0.3 is 0 Å². The number of rotatable bonds is 4. The standard InChI is InChI=1S/C19H20N4O3S2/c1-11-10-15(22-26-11)21-17(24)13-5-7-23(8-6-13)19(25)16-12(2)20-18(28-16)14-4-3-9-27-14/h3-4,9-10,13H,5-8H2,1-2H3,(H,21,22,24). The molecule has 3 aromatic rings. The van der Waals surface area contributed by atoms with E-state index in [1.165, 1.54) is 11.3 Å². The number of thiophene rings is 1. The van der Waals surface area contributed by atoms with Crippen molar-refractivity contribution in [3.63, 3.8) is 0 Å². The van der Waals surface area contributed by atoms with Crippen molar-refractivity contribution in [3.05, 3.63) is 39.9 Å². The normalized spacial score (nSPS) is 15.0. The molecule has 7 nitrogen and oxygen atoms in total. The number of nitrogens with zero attached hydrogens (tertiary/aromatic N) is 3. The highest BCUT2D eigenvalue weighted by atomic mass is 32.1. The van der Waals surface area contributed by atoms with E-state index >= 15 is 0 Å². The van der Waals surface area contributed by atoms with Gasteiger partial charge in [-0.05, 0) is 38.1 Å². The Morgan fingerprint density at radius 1 is 1.29 bits per heavy atom. The molecule has 0 aliphatic carbocycles. The summed E-state index contributed by atoms with van der Waals surface area (Å²) in [6.07, 6.45) is 1.26. The van der Waals surface area contributed by atoms with E-state index in [0.717, 1.165) is 15.6 Å². The lowest BCUT2D eigenvalue weighted by Crippen LogP contribution is -2.41. The first kappa shape index (κ1) is 18.8. The number of hydrogen-bond acceptors (Lipinski definition) is 7. The molecule has 9 heteroatoms. The Bertz CT molecular complexity index is 985. The van der Waals surface area contributed by atoms with Crippen LogP contribution in [0.3, 0.4) is 0 Å².